The maximum Gasteiger partial charge on any atom is 0.183 e. The highest BCUT2D eigenvalue weighted by Crippen LogP contribution is 2.26. The SMILES string of the molecule is O=CCc1csc(NC2CC2)n1. The number of hydrogen-bond acceptors (Lipinski definition) is 4. The molecule has 0 amide bonds. The van der Waals surface area contributed by atoms with E-state index < -0.39 is 0 Å². The average Bonchev–Trinajstić information content (AvgIpc) is 2.74. The van der Waals surface area contributed by atoms with Gasteiger partial charge in [0.15, 0.2) is 5.13 Å². The van der Waals surface area contributed by atoms with Crippen molar-refractivity contribution in [1.82, 2.24) is 4.98 Å². The van der Waals surface area contributed by atoms with Crippen LogP contribution in [-0.2, 0) is 11.2 Å². The molecule has 1 saturated carbocycles. The van der Waals surface area contributed by atoms with Crippen LogP contribution in [0.4, 0.5) is 5.13 Å². The minimum absolute atomic E-state index is 0.433. The molecule has 3 nitrogen and oxygen atoms in total. The first kappa shape index (κ1) is 7.73. The van der Waals surface area contributed by atoms with E-state index in [0.29, 0.717) is 12.5 Å². The van der Waals surface area contributed by atoms with Crippen molar-refractivity contribution in [2.75, 3.05) is 5.32 Å². The summed E-state index contributed by atoms with van der Waals surface area (Å²) < 4.78 is 0. The van der Waals surface area contributed by atoms with Crippen LogP contribution in [0.5, 0.6) is 0 Å². The number of carbonyl (C=O) groups is 1. The van der Waals surface area contributed by atoms with Gasteiger partial charge in [-0.25, -0.2) is 4.98 Å². The molecule has 1 fully saturated rings. The van der Waals surface area contributed by atoms with Gasteiger partial charge in [0.05, 0.1) is 5.69 Å². The maximum absolute atomic E-state index is 10.2. The van der Waals surface area contributed by atoms with Crippen LogP contribution >= 0.6 is 11.3 Å². The summed E-state index contributed by atoms with van der Waals surface area (Å²) >= 11 is 1.58. The first-order valence-corrected chi connectivity index (χ1v) is 4.91. The van der Waals surface area contributed by atoms with Crippen LogP contribution in [0.3, 0.4) is 0 Å². The Morgan fingerprint density at radius 3 is 3.25 bits per heavy atom. The number of carbonyl (C=O) groups excluding carboxylic acids is 1. The van der Waals surface area contributed by atoms with Crippen molar-refractivity contribution in [3.8, 4) is 0 Å². The molecule has 0 atom stereocenters. The number of hydrogen-bond donors (Lipinski definition) is 1. The molecule has 2 rings (SSSR count). The Morgan fingerprint density at radius 2 is 2.58 bits per heavy atom. The second-order valence-corrected chi connectivity index (χ2v) is 3.79. The highest BCUT2D eigenvalue weighted by molar-refractivity contribution is 7.13. The van der Waals surface area contributed by atoms with E-state index in [4.69, 9.17) is 0 Å². The van der Waals surface area contributed by atoms with E-state index in [9.17, 15) is 4.79 Å². The number of nitrogens with one attached hydrogen (secondary N) is 1. The summed E-state index contributed by atoms with van der Waals surface area (Å²) in [6.45, 7) is 0. The van der Waals surface area contributed by atoms with Crippen LogP contribution in [0.2, 0.25) is 0 Å². The quantitative estimate of drug-likeness (QED) is 0.717. The second kappa shape index (κ2) is 3.23. The zero-order valence-corrected chi connectivity index (χ0v) is 7.43. The number of nitrogens with zero attached hydrogens (tertiary/aromatic N) is 1. The lowest BCUT2D eigenvalue weighted by atomic mass is 10.4. The summed E-state index contributed by atoms with van der Waals surface area (Å²) in [4.78, 5) is 14.4. The van der Waals surface area contributed by atoms with E-state index in [1.54, 1.807) is 11.3 Å². The Kier molecular flexibility index (Phi) is 2.08. The third kappa shape index (κ3) is 1.82. The van der Waals surface area contributed by atoms with Gasteiger partial charge in [-0.2, -0.15) is 0 Å². The van der Waals surface area contributed by atoms with E-state index >= 15 is 0 Å². The van der Waals surface area contributed by atoms with Gasteiger partial charge in [-0.3, -0.25) is 0 Å². The fraction of sp³-hybridized carbons (Fsp3) is 0.500. The van der Waals surface area contributed by atoms with Crippen LogP contribution in [0, 0.1) is 0 Å². The van der Waals surface area contributed by atoms with Gasteiger partial charge in [-0.05, 0) is 12.8 Å². The van der Waals surface area contributed by atoms with Crippen LogP contribution in [-0.4, -0.2) is 17.3 Å². The molecule has 0 radical (unpaired) electrons. The minimum Gasteiger partial charge on any atom is -0.359 e. The Hall–Kier alpha value is -0.900. The van der Waals surface area contributed by atoms with Gasteiger partial charge in [0.1, 0.15) is 6.29 Å². The Labute approximate surface area is 74.8 Å². The van der Waals surface area contributed by atoms with Crippen molar-refractivity contribution < 1.29 is 4.79 Å². The molecule has 1 aliphatic carbocycles. The molecule has 1 heterocycles. The van der Waals surface area contributed by atoms with Gasteiger partial charge in [0.2, 0.25) is 0 Å². The number of aldehydes is 1. The fourth-order valence-corrected chi connectivity index (χ4v) is 1.76. The number of rotatable bonds is 4. The zero-order chi connectivity index (χ0) is 8.39. The molecule has 1 aromatic rings. The zero-order valence-electron chi connectivity index (χ0n) is 6.62. The Morgan fingerprint density at radius 1 is 1.75 bits per heavy atom. The fourth-order valence-electron chi connectivity index (χ4n) is 0.955. The highest BCUT2D eigenvalue weighted by atomic mass is 32.1. The molecular formula is C8H10N2OS. The molecule has 0 aliphatic heterocycles. The smallest absolute Gasteiger partial charge is 0.183 e. The topological polar surface area (TPSA) is 42.0 Å². The van der Waals surface area contributed by atoms with E-state index in [1.165, 1.54) is 12.8 Å². The molecule has 0 bridgehead atoms. The monoisotopic (exact) mass is 182 g/mol. The van der Waals surface area contributed by atoms with Crippen LogP contribution < -0.4 is 5.32 Å². The molecule has 12 heavy (non-hydrogen) atoms. The van der Waals surface area contributed by atoms with E-state index in [0.717, 1.165) is 17.1 Å². The van der Waals surface area contributed by atoms with Gasteiger partial charge >= 0.3 is 0 Å². The lowest BCUT2D eigenvalue weighted by Crippen LogP contribution is -2.00. The van der Waals surface area contributed by atoms with Gasteiger partial charge in [0, 0.05) is 17.8 Å². The molecular weight excluding hydrogens is 172 g/mol. The summed E-state index contributed by atoms with van der Waals surface area (Å²) in [5.74, 6) is 0. The lowest BCUT2D eigenvalue weighted by molar-refractivity contribution is -0.107. The molecule has 0 unspecified atom stereocenters. The molecule has 0 saturated heterocycles. The van der Waals surface area contributed by atoms with Gasteiger partial charge < -0.3 is 10.1 Å². The lowest BCUT2D eigenvalue weighted by Gasteiger charge is -1.95. The summed E-state index contributed by atoms with van der Waals surface area (Å²) in [6, 6.07) is 0.639. The third-order valence-electron chi connectivity index (χ3n) is 1.75. The third-order valence-corrected chi connectivity index (χ3v) is 2.57. The van der Waals surface area contributed by atoms with Crippen molar-refractivity contribution >= 4 is 22.8 Å². The number of anilines is 1. The molecule has 1 aliphatic rings. The predicted octanol–water partition coefficient (Wildman–Crippen LogP) is 1.46. The Balaban J connectivity index is 1.97. The summed E-state index contributed by atoms with van der Waals surface area (Å²) in [7, 11) is 0. The molecule has 1 N–H and O–H groups in total. The van der Waals surface area contributed by atoms with Crippen LogP contribution in [0.15, 0.2) is 5.38 Å². The van der Waals surface area contributed by atoms with E-state index in [1.807, 2.05) is 5.38 Å². The van der Waals surface area contributed by atoms with Crippen molar-refractivity contribution in [3.63, 3.8) is 0 Å². The summed E-state index contributed by atoms with van der Waals surface area (Å²) in [5, 5.41) is 6.17. The standard InChI is InChI=1S/C8H10N2OS/c11-4-3-7-5-12-8(10-7)9-6-1-2-6/h4-6H,1-3H2,(H,9,10). The first-order chi connectivity index (χ1) is 5.88. The van der Waals surface area contributed by atoms with Crippen molar-refractivity contribution in [1.29, 1.82) is 0 Å². The number of thiazole rings is 1. The minimum atomic E-state index is 0.433. The molecule has 64 valence electrons. The molecule has 1 aromatic heterocycles. The van der Waals surface area contributed by atoms with E-state index in [-0.39, 0.29) is 0 Å². The van der Waals surface area contributed by atoms with Crippen molar-refractivity contribution in [2.45, 2.75) is 25.3 Å². The predicted molar refractivity (Wildman–Crippen MR) is 48.5 cm³/mol. The molecule has 0 aromatic carbocycles. The largest absolute Gasteiger partial charge is 0.359 e. The average molecular weight is 182 g/mol. The maximum atomic E-state index is 10.2. The van der Waals surface area contributed by atoms with Gasteiger partial charge in [-0.15, -0.1) is 11.3 Å². The van der Waals surface area contributed by atoms with Crippen molar-refractivity contribution in [2.24, 2.45) is 0 Å². The van der Waals surface area contributed by atoms with Gasteiger partial charge in [0.25, 0.3) is 0 Å². The highest BCUT2D eigenvalue weighted by Gasteiger charge is 2.21. The molecule has 4 heteroatoms. The normalized spacial score (nSPS) is 16.0. The van der Waals surface area contributed by atoms with Crippen LogP contribution in [0.1, 0.15) is 18.5 Å². The van der Waals surface area contributed by atoms with Gasteiger partial charge in [-0.1, -0.05) is 0 Å². The van der Waals surface area contributed by atoms with E-state index in [2.05, 4.69) is 10.3 Å². The first-order valence-electron chi connectivity index (χ1n) is 4.03. The second-order valence-electron chi connectivity index (χ2n) is 2.93. The summed E-state index contributed by atoms with van der Waals surface area (Å²) in [6.07, 6.45) is 3.82. The molecule has 0 spiro atoms. The summed E-state index contributed by atoms with van der Waals surface area (Å²) in [5.41, 5.74) is 0.873. The van der Waals surface area contributed by atoms with Crippen LogP contribution in [0.25, 0.3) is 0 Å². The number of aromatic nitrogens is 1. The van der Waals surface area contributed by atoms with Crippen molar-refractivity contribution in [3.05, 3.63) is 11.1 Å². The Bertz CT molecular complexity index is 280.